The molecule has 3 aromatic rings. The Morgan fingerprint density at radius 2 is 2.16 bits per heavy atom. The van der Waals surface area contributed by atoms with Crippen LogP contribution in [0.2, 0.25) is 0 Å². The van der Waals surface area contributed by atoms with Gasteiger partial charge in [-0.2, -0.15) is 0 Å². The van der Waals surface area contributed by atoms with E-state index in [4.69, 9.17) is 14.0 Å². The topological polar surface area (TPSA) is 98.8 Å². The van der Waals surface area contributed by atoms with Gasteiger partial charge in [-0.05, 0) is 76.1 Å². The van der Waals surface area contributed by atoms with Crippen LogP contribution in [0.4, 0.5) is 0 Å². The van der Waals surface area contributed by atoms with Crippen LogP contribution in [-0.2, 0) is 14.9 Å². The fourth-order valence-corrected chi connectivity index (χ4v) is 4.97. The van der Waals surface area contributed by atoms with Crippen LogP contribution in [0.3, 0.4) is 0 Å². The van der Waals surface area contributed by atoms with Gasteiger partial charge in [0.1, 0.15) is 0 Å². The zero-order valence-corrected chi connectivity index (χ0v) is 18.1. The van der Waals surface area contributed by atoms with Gasteiger partial charge in [-0.3, -0.25) is 9.51 Å². The Morgan fingerprint density at radius 3 is 2.81 bits per heavy atom. The van der Waals surface area contributed by atoms with Gasteiger partial charge >= 0.3 is 11.7 Å². The molecule has 0 spiro atoms. The third kappa shape index (κ3) is 3.39. The lowest BCUT2D eigenvalue weighted by Gasteiger charge is -2.35. The number of carbonyl (C=O) groups excluding carboxylic acids is 1. The van der Waals surface area contributed by atoms with Crippen LogP contribution in [0.1, 0.15) is 79.8 Å². The summed E-state index contributed by atoms with van der Waals surface area (Å²) in [7, 11) is 0. The second kappa shape index (κ2) is 7.09. The van der Waals surface area contributed by atoms with Crippen LogP contribution in [0.25, 0.3) is 5.52 Å². The van der Waals surface area contributed by atoms with Crippen molar-refractivity contribution in [1.29, 1.82) is 0 Å². The van der Waals surface area contributed by atoms with Crippen molar-refractivity contribution in [3.05, 3.63) is 57.6 Å². The summed E-state index contributed by atoms with van der Waals surface area (Å²) in [5, 5.41) is 3.94. The van der Waals surface area contributed by atoms with Crippen molar-refractivity contribution in [1.82, 2.24) is 14.5 Å². The lowest BCUT2D eigenvalue weighted by atomic mass is 9.84. The number of pyridine rings is 1. The van der Waals surface area contributed by atoms with Crippen LogP contribution in [0.15, 0.2) is 33.7 Å². The molecule has 1 unspecified atom stereocenters. The third-order valence-electron chi connectivity index (χ3n) is 6.56. The fourth-order valence-electron chi connectivity index (χ4n) is 4.97. The number of fused-ring (bicyclic) bond motifs is 1. The van der Waals surface area contributed by atoms with E-state index in [0.29, 0.717) is 23.9 Å². The summed E-state index contributed by atoms with van der Waals surface area (Å²) in [6.45, 7) is 7.08. The molecule has 8 nitrogen and oxygen atoms in total. The Balaban J connectivity index is 1.63. The SMILES string of the molecule is CCOC(=O)c1cc2cc(C3CCOC(C)(C)C3)ccn2c1C1(c2noc(=O)[nH]2)CC1. The van der Waals surface area contributed by atoms with Crippen molar-refractivity contribution in [3.8, 4) is 0 Å². The van der Waals surface area contributed by atoms with E-state index in [-0.39, 0.29) is 11.6 Å². The minimum absolute atomic E-state index is 0.144. The first-order chi connectivity index (χ1) is 14.8. The summed E-state index contributed by atoms with van der Waals surface area (Å²) in [6, 6.07) is 6.17. The van der Waals surface area contributed by atoms with E-state index in [1.54, 1.807) is 6.92 Å². The molecule has 164 valence electrons. The molecular weight excluding hydrogens is 398 g/mol. The molecule has 0 bridgehead atoms. The number of aromatic amines is 1. The van der Waals surface area contributed by atoms with Gasteiger partial charge in [-0.25, -0.2) is 9.59 Å². The van der Waals surface area contributed by atoms with E-state index < -0.39 is 11.2 Å². The molecular formula is C23H27N3O5. The van der Waals surface area contributed by atoms with Crippen molar-refractivity contribution in [2.75, 3.05) is 13.2 Å². The summed E-state index contributed by atoms with van der Waals surface area (Å²) in [4.78, 5) is 27.1. The lowest BCUT2D eigenvalue weighted by Crippen LogP contribution is -2.33. The van der Waals surface area contributed by atoms with Gasteiger partial charge in [-0.1, -0.05) is 5.16 Å². The summed E-state index contributed by atoms with van der Waals surface area (Å²) in [5.74, 6) is -0.102. The fraction of sp³-hybridized carbons (Fsp3) is 0.522. The second-order valence-corrected chi connectivity index (χ2v) is 9.21. The van der Waals surface area contributed by atoms with Gasteiger partial charge in [0.15, 0.2) is 5.82 Å². The van der Waals surface area contributed by atoms with Gasteiger partial charge in [0.05, 0.1) is 28.9 Å². The molecule has 31 heavy (non-hydrogen) atoms. The van der Waals surface area contributed by atoms with Crippen molar-refractivity contribution >= 4 is 11.5 Å². The number of aromatic nitrogens is 3. The van der Waals surface area contributed by atoms with Crippen molar-refractivity contribution < 1.29 is 18.8 Å². The van der Waals surface area contributed by atoms with Crippen molar-refractivity contribution in [2.45, 2.75) is 63.4 Å². The Kier molecular flexibility index (Phi) is 4.58. The minimum Gasteiger partial charge on any atom is -0.462 e. The van der Waals surface area contributed by atoms with Gasteiger partial charge in [0, 0.05) is 18.3 Å². The molecule has 3 aromatic heterocycles. The van der Waals surface area contributed by atoms with Crippen LogP contribution < -0.4 is 5.76 Å². The molecule has 0 aromatic carbocycles. The highest BCUT2D eigenvalue weighted by Gasteiger charge is 2.53. The van der Waals surface area contributed by atoms with Crippen LogP contribution >= 0.6 is 0 Å². The minimum atomic E-state index is -0.593. The summed E-state index contributed by atoms with van der Waals surface area (Å²) in [5.41, 5.74) is 2.77. The van der Waals surface area contributed by atoms with Gasteiger partial charge < -0.3 is 13.9 Å². The highest BCUT2D eigenvalue weighted by atomic mass is 16.5. The van der Waals surface area contributed by atoms with Crippen LogP contribution in [0.5, 0.6) is 0 Å². The Bertz CT molecular complexity index is 1200. The maximum Gasteiger partial charge on any atom is 0.438 e. The van der Waals surface area contributed by atoms with E-state index in [2.05, 4.69) is 36.1 Å². The highest BCUT2D eigenvalue weighted by molar-refractivity contribution is 5.94. The Hall–Kier alpha value is -2.87. The van der Waals surface area contributed by atoms with Crippen LogP contribution in [-0.4, -0.2) is 39.3 Å². The number of hydrogen-bond acceptors (Lipinski definition) is 6. The normalized spacial score (nSPS) is 21.8. The van der Waals surface area contributed by atoms with Gasteiger partial charge in [0.2, 0.25) is 0 Å². The standard InChI is InChI=1S/C23H27N3O5/c1-4-29-19(27)17-12-16-11-14(15-6-10-30-22(2,3)13-15)5-9-26(16)18(17)23(7-8-23)20-24-21(28)31-25-20/h5,9,11-12,15H,4,6-8,10,13H2,1-3H3,(H,24,25,28). The van der Waals surface area contributed by atoms with Crippen LogP contribution in [0, 0.1) is 0 Å². The quantitative estimate of drug-likeness (QED) is 0.628. The first-order valence-electron chi connectivity index (χ1n) is 10.9. The molecule has 1 aliphatic heterocycles. The molecule has 0 radical (unpaired) electrons. The lowest BCUT2D eigenvalue weighted by molar-refractivity contribution is -0.0593. The van der Waals surface area contributed by atoms with E-state index >= 15 is 0 Å². The first kappa shape index (κ1) is 20.1. The molecule has 8 heteroatoms. The number of esters is 1. The predicted octanol–water partition coefficient (Wildman–Crippen LogP) is 3.54. The Morgan fingerprint density at radius 1 is 1.35 bits per heavy atom. The maximum absolute atomic E-state index is 12.9. The molecule has 1 atom stereocenters. The first-order valence-corrected chi connectivity index (χ1v) is 10.9. The van der Waals surface area contributed by atoms with Crippen molar-refractivity contribution in [2.24, 2.45) is 0 Å². The number of carbonyl (C=O) groups is 1. The average molecular weight is 425 g/mol. The smallest absolute Gasteiger partial charge is 0.438 e. The molecule has 4 heterocycles. The zero-order valence-electron chi connectivity index (χ0n) is 18.1. The molecule has 1 saturated carbocycles. The number of hydrogen-bond donors (Lipinski definition) is 1. The summed E-state index contributed by atoms with van der Waals surface area (Å²) < 4.78 is 18.0. The second-order valence-electron chi connectivity index (χ2n) is 9.21. The molecule has 5 rings (SSSR count). The molecule has 1 saturated heterocycles. The van der Waals surface area contributed by atoms with Gasteiger partial charge in [-0.15, -0.1) is 0 Å². The van der Waals surface area contributed by atoms with E-state index in [1.807, 2.05) is 16.7 Å². The van der Waals surface area contributed by atoms with Gasteiger partial charge in [0.25, 0.3) is 0 Å². The summed E-state index contributed by atoms with van der Waals surface area (Å²) >= 11 is 0. The average Bonchev–Trinajstić information content (AvgIpc) is 3.24. The molecule has 2 aliphatic rings. The number of ether oxygens (including phenoxy) is 2. The zero-order chi connectivity index (χ0) is 21.8. The highest BCUT2D eigenvalue weighted by Crippen LogP contribution is 2.53. The largest absolute Gasteiger partial charge is 0.462 e. The maximum atomic E-state index is 12.9. The van der Waals surface area contributed by atoms with Crippen molar-refractivity contribution in [3.63, 3.8) is 0 Å². The number of H-pyrrole nitrogens is 1. The molecule has 1 aliphatic carbocycles. The number of nitrogens with zero attached hydrogens (tertiary/aromatic N) is 2. The predicted molar refractivity (Wildman–Crippen MR) is 112 cm³/mol. The van der Waals surface area contributed by atoms with E-state index in [1.165, 1.54) is 5.56 Å². The molecule has 2 fully saturated rings. The Labute approximate surface area is 179 Å². The van der Waals surface area contributed by atoms with E-state index in [9.17, 15) is 9.59 Å². The summed E-state index contributed by atoms with van der Waals surface area (Å²) in [6.07, 6.45) is 5.48. The number of nitrogens with one attached hydrogen (secondary N) is 1. The molecule has 0 amide bonds. The monoisotopic (exact) mass is 425 g/mol. The van der Waals surface area contributed by atoms with E-state index in [0.717, 1.165) is 43.5 Å². The molecule has 1 N–H and O–H groups in total. The number of rotatable bonds is 5. The third-order valence-corrected chi connectivity index (χ3v) is 6.56.